The zero-order chi connectivity index (χ0) is 19.2. The summed E-state index contributed by atoms with van der Waals surface area (Å²) in [6, 6.07) is 16.0. The van der Waals surface area contributed by atoms with Crippen molar-refractivity contribution in [3.8, 4) is 5.75 Å². The highest BCUT2D eigenvalue weighted by Gasteiger charge is 2.17. The highest BCUT2D eigenvalue weighted by molar-refractivity contribution is 7.17. The van der Waals surface area contributed by atoms with Gasteiger partial charge in [0.15, 0.2) is 11.7 Å². The molecular weight excluding hydrogens is 386 g/mol. The number of anilines is 2. The quantitative estimate of drug-likeness (QED) is 0.642. The topological polar surface area (TPSA) is 80.3 Å². The van der Waals surface area contributed by atoms with Gasteiger partial charge in [0, 0.05) is 0 Å². The molecule has 0 bridgehead atoms. The van der Waals surface area contributed by atoms with Gasteiger partial charge in [-0.1, -0.05) is 53.3 Å². The first-order valence-electron chi connectivity index (χ1n) is 8.04. The molecule has 0 unspecified atom stereocenters. The average molecular weight is 402 g/mol. The molecule has 0 aliphatic rings. The third kappa shape index (κ3) is 5.06. The number of rotatable bonds is 6. The van der Waals surface area contributed by atoms with Gasteiger partial charge in [-0.15, -0.1) is 0 Å². The van der Waals surface area contributed by atoms with Crippen molar-refractivity contribution >= 4 is 45.6 Å². The van der Waals surface area contributed by atoms with Crippen LogP contribution in [-0.2, 0) is 4.79 Å². The summed E-state index contributed by atoms with van der Waals surface area (Å²) in [5, 5.41) is 6.16. The van der Waals surface area contributed by atoms with Gasteiger partial charge in [0.05, 0.1) is 16.4 Å². The summed E-state index contributed by atoms with van der Waals surface area (Å²) >= 11 is 7.15. The Hall–Kier alpha value is -2.90. The first-order valence-corrected chi connectivity index (χ1v) is 9.23. The molecule has 0 spiro atoms. The fraction of sp³-hybridized carbons (Fsp3) is 0.105. The molecule has 0 atom stereocenters. The van der Waals surface area contributed by atoms with Crippen LogP contribution < -0.4 is 15.4 Å². The summed E-state index contributed by atoms with van der Waals surface area (Å²) in [6.45, 7) is 1.55. The van der Waals surface area contributed by atoms with E-state index in [1.54, 1.807) is 43.3 Å². The van der Waals surface area contributed by atoms with Crippen LogP contribution in [0.5, 0.6) is 5.75 Å². The maximum Gasteiger partial charge on any atom is 0.267 e. The first-order chi connectivity index (χ1) is 13.0. The number of nitrogens with one attached hydrogen (secondary N) is 2. The van der Waals surface area contributed by atoms with Gasteiger partial charge < -0.3 is 10.1 Å². The maximum atomic E-state index is 12.5. The number of hydrogen-bond acceptors (Lipinski definition) is 5. The van der Waals surface area contributed by atoms with Gasteiger partial charge in [0.1, 0.15) is 10.6 Å². The summed E-state index contributed by atoms with van der Waals surface area (Å²) in [7, 11) is 0. The third-order valence-electron chi connectivity index (χ3n) is 3.48. The fourth-order valence-corrected chi connectivity index (χ4v) is 3.28. The standard InChI is InChI=1S/C19H16ClN3O3S/c1-12-17(18(25)22-15-10-6-5-9-14(15)20)27-19(21-12)23-16(24)11-26-13-7-3-2-4-8-13/h2-10H,11H2,1H3,(H,22,25)(H,21,23,24). The lowest BCUT2D eigenvalue weighted by Gasteiger charge is -2.05. The van der Waals surface area contributed by atoms with Crippen LogP contribution >= 0.6 is 22.9 Å². The van der Waals surface area contributed by atoms with Crippen LogP contribution in [0.2, 0.25) is 5.02 Å². The largest absolute Gasteiger partial charge is 0.484 e. The van der Waals surface area contributed by atoms with Crippen molar-refractivity contribution < 1.29 is 14.3 Å². The molecule has 3 rings (SSSR count). The summed E-state index contributed by atoms with van der Waals surface area (Å²) in [6.07, 6.45) is 0. The SMILES string of the molecule is Cc1nc(NC(=O)COc2ccccc2)sc1C(=O)Nc1ccccc1Cl. The molecule has 0 radical (unpaired) electrons. The second-order valence-corrected chi connectivity index (χ2v) is 6.92. The van der Waals surface area contributed by atoms with Crippen molar-refractivity contribution in [1.29, 1.82) is 0 Å². The number of hydrogen-bond donors (Lipinski definition) is 2. The predicted octanol–water partition coefficient (Wildman–Crippen LogP) is 4.37. The molecule has 8 heteroatoms. The number of aryl methyl sites for hydroxylation is 1. The van der Waals surface area contributed by atoms with Gasteiger partial charge in [0.25, 0.3) is 11.8 Å². The Morgan fingerprint density at radius 3 is 2.52 bits per heavy atom. The summed E-state index contributed by atoms with van der Waals surface area (Å²) < 4.78 is 5.39. The number of carbonyl (C=O) groups excluding carboxylic acids is 2. The van der Waals surface area contributed by atoms with Crippen molar-refractivity contribution in [2.45, 2.75) is 6.92 Å². The number of para-hydroxylation sites is 2. The number of nitrogens with zero attached hydrogens (tertiary/aromatic N) is 1. The van der Waals surface area contributed by atoms with E-state index in [9.17, 15) is 9.59 Å². The molecule has 0 saturated carbocycles. The van der Waals surface area contributed by atoms with Crippen molar-refractivity contribution in [3.05, 3.63) is 70.2 Å². The normalized spacial score (nSPS) is 10.3. The van der Waals surface area contributed by atoms with Crippen LogP contribution in [0, 0.1) is 6.92 Å². The smallest absolute Gasteiger partial charge is 0.267 e. The Morgan fingerprint density at radius 2 is 1.78 bits per heavy atom. The molecular formula is C19H16ClN3O3S. The lowest BCUT2D eigenvalue weighted by atomic mass is 10.3. The number of carbonyl (C=O) groups is 2. The molecule has 138 valence electrons. The Bertz CT molecular complexity index is 960. The minimum absolute atomic E-state index is 0.149. The molecule has 0 fully saturated rings. The van der Waals surface area contributed by atoms with E-state index in [1.165, 1.54) is 0 Å². The van der Waals surface area contributed by atoms with Gasteiger partial charge in [0.2, 0.25) is 0 Å². The molecule has 0 aliphatic heterocycles. The molecule has 6 nitrogen and oxygen atoms in total. The molecule has 27 heavy (non-hydrogen) atoms. The molecule has 2 aromatic carbocycles. The number of ether oxygens (including phenoxy) is 1. The third-order valence-corrected chi connectivity index (χ3v) is 4.89. The van der Waals surface area contributed by atoms with Crippen LogP contribution in [0.15, 0.2) is 54.6 Å². The van der Waals surface area contributed by atoms with E-state index in [0.29, 0.717) is 32.2 Å². The minimum Gasteiger partial charge on any atom is -0.484 e. The summed E-state index contributed by atoms with van der Waals surface area (Å²) in [5.41, 5.74) is 1.03. The number of aromatic nitrogens is 1. The van der Waals surface area contributed by atoms with Crippen molar-refractivity contribution in [1.82, 2.24) is 4.98 Å². The van der Waals surface area contributed by atoms with Crippen LogP contribution in [0.25, 0.3) is 0 Å². The van der Waals surface area contributed by atoms with Gasteiger partial charge in [-0.25, -0.2) is 4.98 Å². The van der Waals surface area contributed by atoms with Crippen LogP contribution in [-0.4, -0.2) is 23.4 Å². The van der Waals surface area contributed by atoms with E-state index in [-0.39, 0.29) is 18.4 Å². The zero-order valence-electron chi connectivity index (χ0n) is 14.4. The molecule has 0 saturated heterocycles. The zero-order valence-corrected chi connectivity index (χ0v) is 15.9. The Labute approximate surface area is 165 Å². The van der Waals surface area contributed by atoms with Gasteiger partial charge in [-0.05, 0) is 31.2 Å². The molecule has 1 aromatic heterocycles. The van der Waals surface area contributed by atoms with Crippen molar-refractivity contribution in [2.75, 3.05) is 17.2 Å². The molecule has 2 N–H and O–H groups in total. The van der Waals surface area contributed by atoms with E-state index in [2.05, 4.69) is 15.6 Å². The molecule has 2 amide bonds. The average Bonchev–Trinajstić information content (AvgIpc) is 3.03. The Morgan fingerprint density at radius 1 is 1.07 bits per heavy atom. The van der Waals surface area contributed by atoms with E-state index < -0.39 is 0 Å². The summed E-state index contributed by atoms with van der Waals surface area (Å²) in [4.78, 5) is 29.1. The second kappa shape index (κ2) is 8.66. The minimum atomic E-state index is -0.356. The van der Waals surface area contributed by atoms with Crippen molar-refractivity contribution in [2.24, 2.45) is 0 Å². The number of thiazole rings is 1. The Kier molecular flexibility index (Phi) is 6.05. The van der Waals surface area contributed by atoms with E-state index >= 15 is 0 Å². The van der Waals surface area contributed by atoms with Crippen LogP contribution in [0.4, 0.5) is 10.8 Å². The fourth-order valence-electron chi connectivity index (χ4n) is 2.22. The van der Waals surface area contributed by atoms with Gasteiger partial charge >= 0.3 is 0 Å². The highest BCUT2D eigenvalue weighted by atomic mass is 35.5. The number of benzene rings is 2. The summed E-state index contributed by atoms with van der Waals surface area (Å²) in [5.74, 6) is -0.0902. The van der Waals surface area contributed by atoms with E-state index in [4.69, 9.17) is 16.3 Å². The first kappa shape index (κ1) is 18.9. The van der Waals surface area contributed by atoms with Crippen molar-refractivity contribution in [3.63, 3.8) is 0 Å². The predicted molar refractivity (Wildman–Crippen MR) is 107 cm³/mol. The van der Waals surface area contributed by atoms with E-state index in [1.807, 2.05) is 18.2 Å². The van der Waals surface area contributed by atoms with Crippen LogP contribution in [0.1, 0.15) is 15.4 Å². The Balaban J connectivity index is 1.61. The van der Waals surface area contributed by atoms with Gasteiger partial charge in [-0.3, -0.25) is 14.9 Å². The van der Waals surface area contributed by atoms with Gasteiger partial charge in [-0.2, -0.15) is 0 Å². The monoisotopic (exact) mass is 401 g/mol. The second-order valence-electron chi connectivity index (χ2n) is 5.52. The van der Waals surface area contributed by atoms with Crippen LogP contribution in [0.3, 0.4) is 0 Å². The maximum absolute atomic E-state index is 12.5. The number of amides is 2. The van der Waals surface area contributed by atoms with E-state index in [0.717, 1.165) is 11.3 Å². The highest BCUT2D eigenvalue weighted by Crippen LogP contribution is 2.26. The lowest BCUT2D eigenvalue weighted by Crippen LogP contribution is -2.20. The molecule has 0 aliphatic carbocycles. The molecule has 3 aromatic rings. The lowest BCUT2D eigenvalue weighted by molar-refractivity contribution is -0.118. The number of halogens is 1. The molecule has 1 heterocycles.